The third-order valence-electron chi connectivity index (χ3n) is 9.43. The Kier molecular flexibility index (Phi) is 5.83. The van der Waals surface area contributed by atoms with Crippen molar-refractivity contribution in [2.75, 3.05) is 20.3 Å². The third kappa shape index (κ3) is 3.53. The summed E-state index contributed by atoms with van der Waals surface area (Å²) in [4.78, 5) is 12.1. The first-order valence-corrected chi connectivity index (χ1v) is 11.8. The maximum absolute atomic E-state index is 12.1. The first kappa shape index (κ1) is 20.7. The van der Waals surface area contributed by atoms with Crippen molar-refractivity contribution < 1.29 is 19.4 Å². The molecule has 4 heteroatoms. The highest BCUT2D eigenvalue weighted by Gasteiger charge is 2.57. The number of carbonyl (C=O) groups is 1. The van der Waals surface area contributed by atoms with Gasteiger partial charge in [-0.25, -0.2) is 0 Å². The van der Waals surface area contributed by atoms with E-state index in [9.17, 15) is 9.90 Å². The minimum Gasteiger partial charge on any atom is -0.466 e. The molecule has 4 saturated carbocycles. The van der Waals surface area contributed by atoms with Crippen LogP contribution in [0.25, 0.3) is 0 Å². The van der Waals surface area contributed by atoms with Gasteiger partial charge < -0.3 is 14.6 Å². The lowest BCUT2D eigenvalue weighted by atomic mass is 9.49. The molecule has 4 nitrogen and oxygen atoms in total. The lowest BCUT2D eigenvalue weighted by molar-refractivity contribution is -0.147. The molecular formula is C24H40O4. The number of esters is 1. The number of carbonyl (C=O) groups excluding carboxylic acids is 1. The zero-order valence-electron chi connectivity index (χ0n) is 18.1. The van der Waals surface area contributed by atoms with Crippen molar-refractivity contribution in [3.05, 3.63) is 0 Å². The highest BCUT2D eigenvalue weighted by Crippen LogP contribution is 2.65. The Balaban J connectivity index is 1.44. The van der Waals surface area contributed by atoms with Gasteiger partial charge in [-0.05, 0) is 106 Å². The summed E-state index contributed by atoms with van der Waals surface area (Å²) in [5.41, 5.74) is -0.268. The molecule has 0 aromatic carbocycles. The predicted octanol–water partition coefficient (Wildman–Crippen LogP) is 4.59. The Morgan fingerprint density at radius 3 is 2.57 bits per heavy atom. The van der Waals surface area contributed by atoms with Crippen LogP contribution < -0.4 is 0 Å². The van der Waals surface area contributed by atoms with Gasteiger partial charge >= 0.3 is 5.97 Å². The molecule has 0 spiro atoms. The number of hydrogen-bond acceptors (Lipinski definition) is 4. The summed E-state index contributed by atoms with van der Waals surface area (Å²) in [5, 5.41) is 10.9. The summed E-state index contributed by atoms with van der Waals surface area (Å²) in [6, 6.07) is 0. The summed E-state index contributed by atoms with van der Waals surface area (Å²) in [6.07, 6.45) is 11.3. The molecule has 0 aromatic rings. The van der Waals surface area contributed by atoms with Crippen molar-refractivity contribution >= 4 is 5.97 Å². The lowest BCUT2D eigenvalue weighted by Gasteiger charge is -2.57. The van der Waals surface area contributed by atoms with Gasteiger partial charge in [-0.15, -0.1) is 0 Å². The topological polar surface area (TPSA) is 55.8 Å². The number of methoxy groups -OCH3 is 1. The Morgan fingerprint density at radius 2 is 1.82 bits per heavy atom. The van der Waals surface area contributed by atoms with E-state index in [4.69, 9.17) is 9.47 Å². The second-order valence-electron chi connectivity index (χ2n) is 10.7. The van der Waals surface area contributed by atoms with Crippen LogP contribution in [0.1, 0.15) is 78.1 Å². The Labute approximate surface area is 170 Å². The summed E-state index contributed by atoms with van der Waals surface area (Å²) in [7, 11) is 1.70. The molecule has 0 heterocycles. The van der Waals surface area contributed by atoms with E-state index in [-0.39, 0.29) is 5.97 Å². The smallest absolute Gasteiger partial charge is 0.306 e. The number of rotatable bonds is 5. The molecule has 0 radical (unpaired) electrons. The molecule has 0 amide bonds. The van der Waals surface area contributed by atoms with Crippen molar-refractivity contribution in [1.29, 1.82) is 0 Å². The fraction of sp³-hybridized carbons (Fsp3) is 0.958. The Hall–Kier alpha value is -0.610. The minimum atomic E-state index is -0.593. The second-order valence-corrected chi connectivity index (χ2v) is 10.7. The van der Waals surface area contributed by atoms with Crippen LogP contribution in [0.4, 0.5) is 0 Å². The molecule has 4 aliphatic rings. The summed E-state index contributed by atoms with van der Waals surface area (Å²) in [5.74, 6) is 4.44. The van der Waals surface area contributed by atoms with E-state index in [2.05, 4.69) is 6.92 Å². The first-order valence-electron chi connectivity index (χ1n) is 11.8. The fourth-order valence-electron chi connectivity index (χ4n) is 8.23. The molecule has 160 valence electrons. The first-order chi connectivity index (χ1) is 13.4. The summed E-state index contributed by atoms with van der Waals surface area (Å²) in [6.45, 7) is 5.36. The maximum atomic E-state index is 12.1. The normalized spacial score (nSPS) is 47.7. The molecule has 28 heavy (non-hydrogen) atoms. The van der Waals surface area contributed by atoms with E-state index in [0.29, 0.717) is 36.9 Å². The Bertz CT molecular complexity index is 577. The molecule has 1 N–H and O–H groups in total. The number of ether oxygens (including phenoxy) is 2. The highest BCUT2D eigenvalue weighted by molar-refractivity contribution is 5.69. The van der Waals surface area contributed by atoms with Gasteiger partial charge in [0.2, 0.25) is 0 Å². The molecule has 4 fully saturated rings. The number of hydrogen-bond donors (Lipinski definition) is 1. The average molecular weight is 393 g/mol. The minimum absolute atomic E-state index is 0.00455. The van der Waals surface area contributed by atoms with Crippen LogP contribution in [0.3, 0.4) is 0 Å². The van der Waals surface area contributed by atoms with Crippen molar-refractivity contribution in [3.63, 3.8) is 0 Å². The molecule has 0 unspecified atom stereocenters. The van der Waals surface area contributed by atoms with E-state index in [0.717, 1.165) is 36.5 Å². The molecule has 4 rings (SSSR count). The summed E-state index contributed by atoms with van der Waals surface area (Å²) >= 11 is 0. The van der Waals surface area contributed by atoms with Crippen LogP contribution in [0.2, 0.25) is 0 Å². The zero-order chi connectivity index (χ0) is 19.9. The van der Waals surface area contributed by atoms with E-state index in [1.165, 1.54) is 44.9 Å². The molecule has 0 aliphatic heterocycles. The van der Waals surface area contributed by atoms with Crippen LogP contribution in [-0.2, 0) is 14.3 Å². The van der Waals surface area contributed by atoms with E-state index in [1.807, 2.05) is 6.92 Å². The van der Waals surface area contributed by atoms with Gasteiger partial charge in [-0.1, -0.05) is 6.92 Å². The van der Waals surface area contributed by atoms with E-state index >= 15 is 0 Å². The average Bonchev–Trinajstić information content (AvgIpc) is 2.98. The number of fused-ring (bicyclic) bond motifs is 5. The highest BCUT2D eigenvalue weighted by atomic mass is 16.5. The molecular weight excluding hydrogens is 352 g/mol. The predicted molar refractivity (Wildman–Crippen MR) is 109 cm³/mol. The third-order valence-corrected chi connectivity index (χ3v) is 9.43. The van der Waals surface area contributed by atoms with Crippen LogP contribution in [0, 0.1) is 40.9 Å². The van der Waals surface area contributed by atoms with Gasteiger partial charge in [-0.3, -0.25) is 4.79 Å². The van der Waals surface area contributed by atoms with Gasteiger partial charge in [0.25, 0.3) is 0 Å². The monoisotopic (exact) mass is 392 g/mol. The van der Waals surface area contributed by atoms with Crippen molar-refractivity contribution in [2.24, 2.45) is 40.9 Å². The van der Waals surface area contributed by atoms with Gasteiger partial charge in [0.15, 0.2) is 0 Å². The zero-order valence-corrected chi connectivity index (χ0v) is 18.1. The SMILES string of the molecule is CCOC(=O)C[C@H]1CC[C@H]2[C@@H]3CC[C@@H]4C[C@@](O)(COC)CC[C@@H]4[C@H]3CC[C@]12C. The molecule has 0 aromatic heterocycles. The van der Waals surface area contributed by atoms with Crippen molar-refractivity contribution in [1.82, 2.24) is 0 Å². The van der Waals surface area contributed by atoms with E-state index < -0.39 is 5.60 Å². The largest absolute Gasteiger partial charge is 0.466 e. The molecule has 0 bridgehead atoms. The lowest BCUT2D eigenvalue weighted by Crippen LogP contribution is -2.52. The summed E-state index contributed by atoms with van der Waals surface area (Å²) < 4.78 is 10.6. The molecule has 4 aliphatic carbocycles. The quantitative estimate of drug-likeness (QED) is 0.696. The molecule has 0 saturated heterocycles. The van der Waals surface area contributed by atoms with E-state index in [1.54, 1.807) is 7.11 Å². The fourth-order valence-corrected chi connectivity index (χ4v) is 8.23. The van der Waals surface area contributed by atoms with Crippen LogP contribution in [0.15, 0.2) is 0 Å². The number of aliphatic hydroxyl groups is 1. The van der Waals surface area contributed by atoms with Crippen molar-refractivity contribution in [2.45, 2.75) is 83.7 Å². The van der Waals surface area contributed by atoms with Crippen LogP contribution in [0.5, 0.6) is 0 Å². The Morgan fingerprint density at radius 1 is 1.04 bits per heavy atom. The van der Waals surface area contributed by atoms with Gasteiger partial charge in [0, 0.05) is 13.5 Å². The van der Waals surface area contributed by atoms with Gasteiger partial charge in [-0.2, -0.15) is 0 Å². The van der Waals surface area contributed by atoms with Crippen molar-refractivity contribution in [3.8, 4) is 0 Å². The van der Waals surface area contributed by atoms with Gasteiger partial charge in [0.1, 0.15) is 0 Å². The van der Waals surface area contributed by atoms with Gasteiger partial charge in [0.05, 0.1) is 18.8 Å². The second kappa shape index (κ2) is 7.91. The van der Waals surface area contributed by atoms with Crippen LogP contribution >= 0.6 is 0 Å². The van der Waals surface area contributed by atoms with Crippen LogP contribution in [-0.4, -0.2) is 37.0 Å². The molecule has 8 atom stereocenters. The maximum Gasteiger partial charge on any atom is 0.306 e. The standard InChI is InChI=1S/C24H40O4/c1-4-28-22(25)13-17-6-8-21-20-7-5-16-14-24(26,15-27-3)12-10-18(16)19(20)9-11-23(17,21)2/h16-21,26H,4-15H2,1-3H3/t16-,17-,18+,19-,20-,21+,23-,24-/m1/s1.